The smallest absolute Gasteiger partial charge is 0.0361 e. The Kier molecular flexibility index (Phi) is 2.37. The predicted octanol–water partition coefficient (Wildman–Crippen LogP) is 6.78. The first-order valence-corrected chi connectivity index (χ1v) is 9.15. The Bertz CT molecular complexity index is 1270. The molecule has 1 heterocycles. The van der Waals surface area contributed by atoms with Gasteiger partial charge in [-0.1, -0.05) is 48.5 Å². The molecule has 5 aromatic rings. The summed E-state index contributed by atoms with van der Waals surface area (Å²) < 4.78 is 2.77. The van der Waals surface area contributed by atoms with Crippen molar-refractivity contribution in [2.24, 2.45) is 0 Å². The van der Waals surface area contributed by atoms with Crippen molar-refractivity contribution in [2.75, 3.05) is 0 Å². The van der Waals surface area contributed by atoms with E-state index in [1.807, 2.05) is 11.3 Å². The highest BCUT2D eigenvalue weighted by atomic mass is 32.1. The molecule has 0 N–H and O–H groups in total. The van der Waals surface area contributed by atoms with Gasteiger partial charge in [-0.15, -0.1) is 11.3 Å². The van der Waals surface area contributed by atoms with Gasteiger partial charge in [0.05, 0.1) is 0 Å². The van der Waals surface area contributed by atoms with Crippen molar-refractivity contribution in [2.45, 2.75) is 6.42 Å². The molecule has 0 amide bonds. The number of rotatable bonds is 0. The van der Waals surface area contributed by atoms with E-state index in [1.54, 1.807) is 0 Å². The van der Waals surface area contributed by atoms with Crippen LogP contribution in [0.15, 0.2) is 72.8 Å². The highest BCUT2D eigenvalue weighted by Gasteiger charge is 2.19. The van der Waals surface area contributed by atoms with Crippen LogP contribution in [-0.4, -0.2) is 0 Å². The monoisotopic (exact) mass is 322 g/mol. The normalized spacial score (nSPS) is 12.8. The van der Waals surface area contributed by atoms with Gasteiger partial charge in [0.15, 0.2) is 0 Å². The Labute approximate surface area is 144 Å². The third kappa shape index (κ3) is 1.58. The zero-order valence-corrected chi connectivity index (χ0v) is 13.9. The van der Waals surface area contributed by atoms with E-state index in [9.17, 15) is 0 Å². The van der Waals surface area contributed by atoms with Crippen molar-refractivity contribution >= 4 is 42.3 Å². The van der Waals surface area contributed by atoms with Crippen molar-refractivity contribution in [1.82, 2.24) is 0 Å². The highest BCUT2D eigenvalue weighted by Crippen LogP contribution is 2.43. The average molecular weight is 322 g/mol. The van der Waals surface area contributed by atoms with Gasteiger partial charge in [-0.2, -0.15) is 0 Å². The maximum atomic E-state index is 2.44. The van der Waals surface area contributed by atoms with Gasteiger partial charge in [-0.05, 0) is 63.7 Å². The van der Waals surface area contributed by atoms with E-state index in [1.165, 1.54) is 53.2 Å². The fourth-order valence-corrected chi connectivity index (χ4v) is 5.30. The Morgan fingerprint density at radius 1 is 0.625 bits per heavy atom. The molecule has 0 bridgehead atoms. The summed E-state index contributed by atoms with van der Waals surface area (Å²) in [6.45, 7) is 0. The van der Waals surface area contributed by atoms with Gasteiger partial charge in [0.25, 0.3) is 0 Å². The second kappa shape index (κ2) is 4.46. The molecule has 1 aliphatic carbocycles. The van der Waals surface area contributed by atoms with Crippen LogP contribution in [0, 0.1) is 0 Å². The predicted molar refractivity (Wildman–Crippen MR) is 105 cm³/mol. The van der Waals surface area contributed by atoms with Gasteiger partial charge in [0.2, 0.25) is 0 Å². The summed E-state index contributed by atoms with van der Waals surface area (Å²) >= 11 is 1.90. The van der Waals surface area contributed by atoms with Crippen molar-refractivity contribution < 1.29 is 0 Å². The summed E-state index contributed by atoms with van der Waals surface area (Å²) in [4.78, 5) is 0. The summed E-state index contributed by atoms with van der Waals surface area (Å²) in [7, 11) is 0. The Morgan fingerprint density at radius 3 is 2.50 bits per heavy atom. The molecule has 1 aliphatic rings. The topological polar surface area (TPSA) is 0 Å². The van der Waals surface area contributed by atoms with Crippen LogP contribution in [0.3, 0.4) is 0 Å². The molecule has 0 saturated heterocycles. The molecular weight excluding hydrogens is 308 g/mol. The minimum Gasteiger partial charge on any atom is -0.135 e. The summed E-state index contributed by atoms with van der Waals surface area (Å²) in [5.41, 5.74) is 5.74. The summed E-state index contributed by atoms with van der Waals surface area (Å²) in [5.74, 6) is 0. The van der Waals surface area contributed by atoms with Gasteiger partial charge < -0.3 is 0 Å². The first-order valence-electron chi connectivity index (χ1n) is 8.34. The SMILES string of the molecule is c1ccc2c(c1)Cc1cc3c(ccc4sc5ccccc5c43)cc1-2. The molecule has 0 radical (unpaired) electrons. The van der Waals surface area contributed by atoms with E-state index in [4.69, 9.17) is 0 Å². The number of thiophene rings is 1. The third-order valence-electron chi connectivity index (χ3n) is 5.27. The molecule has 0 nitrogen and oxygen atoms in total. The van der Waals surface area contributed by atoms with Crippen LogP contribution in [0.1, 0.15) is 11.1 Å². The zero-order valence-electron chi connectivity index (χ0n) is 13.0. The Balaban J connectivity index is 1.77. The molecular formula is C23H14S. The van der Waals surface area contributed by atoms with E-state index in [0.717, 1.165) is 6.42 Å². The second-order valence-corrected chi connectivity index (χ2v) is 7.69. The van der Waals surface area contributed by atoms with E-state index in [2.05, 4.69) is 72.8 Å². The second-order valence-electron chi connectivity index (χ2n) is 6.60. The minimum absolute atomic E-state index is 1.06. The van der Waals surface area contributed by atoms with Gasteiger partial charge >= 0.3 is 0 Å². The molecule has 112 valence electrons. The van der Waals surface area contributed by atoms with Gasteiger partial charge in [0.1, 0.15) is 0 Å². The van der Waals surface area contributed by atoms with E-state index in [-0.39, 0.29) is 0 Å². The van der Waals surface area contributed by atoms with Crippen molar-refractivity contribution in [3.05, 3.63) is 83.9 Å². The molecule has 0 atom stereocenters. The average Bonchev–Trinajstić information content (AvgIpc) is 3.17. The van der Waals surface area contributed by atoms with E-state index < -0.39 is 0 Å². The third-order valence-corrected chi connectivity index (χ3v) is 6.41. The summed E-state index contributed by atoms with van der Waals surface area (Å²) in [5, 5.41) is 5.56. The van der Waals surface area contributed by atoms with Crippen LogP contribution in [0.25, 0.3) is 42.1 Å². The fraction of sp³-hybridized carbons (Fsp3) is 0.0435. The largest absolute Gasteiger partial charge is 0.135 e. The van der Waals surface area contributed by atoms with Crippen LogP contribution in [0.4, 0.5) is 0 Å². The van der Waals surface area contributed by atoms with Gasteiger partial charge in [0, 0.05) is 20.2 Å². The zero-order chi connectivity index (χ0) is 15.7. The van der Waals surface area contributed by atoms with Crippen molar-refractivity contribution in [3.63, 3.8) is 0 Å². The van der Waals surface area contributed by atoms with Crippen molar-refractivity contribution in [3.8, 4) is 11.1 Å². The number of hydrogen-bond acceptors (Lipinski definition) is 1. The Hall–Kier alpha value is -2.64. The molecule has 0 spiro atoms. The molecule has 24 heavy (non-hydrogen) atoms. The molecule has 6 rings (SSSR count). The fourth-order valence-electron chi connectivity index (χ4n) is 4.18. The summed E-state index contributed by atoms with van der Waals surface area (Å²) in [6.07, 6.45) is 1.06. The maximum Gasteiger partial charge on any atom is 0.0361 e. The lowest BCUT2D eigenvalue weighted by atomic mass is 9.97. The number of hydrogen-bond donors (Lipinski definition) is 0. The first kappa shape index (κ1) is 12.7. The molecule has 4 aromatic carbocycles. The highest BCUT2D eigenvalue weighted by molar-refractivity contribution is 7.26. The maximum absolute atomic E-state index is 2.44. The lowest BCUT2D eigenvalue weighted by Gasteiger charge is -2.06. The lowest BCUT2D eigenvalue weighted by molar-refractivity contribution is 1.27. The van der Waals surface area contributed by atoms with Crippen LogP contribution < -0.4 is 0 Å². The molecule has 1 heteroatoms. The van der Waals surface area contributed by atoms with Crippen LogP contribution >= 0.6 is 11.3 Å². The Morgan fingerprint density at radius 2 is 1.50 bits per heavy atom. The molecule has 0 unspecified atom stereocenters. The molecule has 0 aliphatic heterocycles. The standard InChI is InChI=1S/C23H14S/c1-2-6-17-14(5-1)11-16-13-20-15(12-19(16)17)9-10-22-23(20)18-7-3-4-8-21(18)24-22/h1-10,12-13H,11H2. The van der Waals surface area contributed by atoms with Crippen molar-refractivity contribution in [1.29, 1.82) is 0 Å². The number of benzene rings is 4. The minimum atomic E-state index is 1.06. The quantitative estimate of drug-likeness (QED) is 0.289. The van der Waals surface area contributed by atoms with Gasteiger partial charge in [-0.25, -0.2) is 0 Å². The summed E-state index contributed by atoms with van der Waals surface area (Å²) in [6, 6.07) is 27.0. The lowest BCUT2D eigenvalue weighted by Crippen LogP contribution is -1.82. The van der Waals surface area contributed by atoms with Crippen LogP contribution in [0.2, 0.25) is 0 Å². The van der Waals surface area contributed by atoms with Crippen LogP contribution in [0.5, 0.6) is 0 Å². The first-order chi connectivity index (χ1) is 11.9. The molecule has 1 aromatic heterocycles. The van der Waals surface area contributed by atoms with E-state index >= 15 is 0 Å². The molecule has 0 fully saturated rings. The van der Waals surface area contributed by atoms with Gasteiger partial charge in [-0.3, -0.25) is 0 Å². The van der Waals surface area contributed by atoms with E-state index in [0.29, 0.717) is 0 Å². The number of fused-ring (bicyclic) bond motifs is 8. The molecule has 0 saturated carbocycles. The van der Waals surface area contributed by atoms with Crippen LogP contribution in [-0.2, 0) is 6.42 Å².